The molecular weight excluding hydrogens is 316 g/mol. The maximum atomic E-state index is 12.2. The molecule has 6 heteroatoms. The molecule has 1 N–H and O–H groups in total. The summed E-state index contributed by atoms with van der Waals surface area (Å²) in [6.07, 6.45) is 3.02. The number of rotatable bonds is 5. The molecule has 0 spiro atoms. The Hall–Kier alpha value is -3.07. The maximum absolute atomic E-state index is 12.2. The number of hydrogen-bond acceptors (Lipinski definition) is 4. The van der Waals surface area contributed by atoms with E-state index in [1.54, 1.807) is 23.2 Å². The Labute approximate surface area is 147 Å². The molecule has 1 aromatic heterocycles. The number of carbonyl (C=O) groups excluding carboxylic acids is 1. The number of nitriles is 1. The van der Waals surface area contributed by atoms with Gasteiger partial charge < -0.3 is 15.0 Å². The number of nitrogens with zero attached hydrogens (tertiary/aromatic N) is 3. The third-order valence-electron chi connectivity index (χ3n) is 4.12. The standard InChI is InChI=1S/C19H20N4O2/c20-13-16-7-9-21-18(12-16)25-17-8-11-23(14-17)19(24)22-10-6-15-4-2-1-3-5-15/h1-5,7,9,12,17H,6,8,10-11,14H2,(H,22,24). The lowest BCUT2D eigenvalue weighted by Gasteiger charge is -2.17. The lowest BCUT2D eigenvalue weighted by molar-refractivity contribution is 0.183. The van der Waals surface area contributed by atoms with Crippen LogP contribution in [-0.2, 0) is 6.42 Å². The quantitative estimate of drug-likeness (QED) is 0.909. The monoisotopic (exact) mass is 336 g/mol. The molecule has 0 radical (unpaired) electrons. The van der Waals surface area contributed by atoms with Crippen molar-refractivity contribution in [3.8, 4) is 11.9 Å². The fraction of sp³-hybridized carbons (Fsp3) is 0.316. The Morgan fingerprint density at radius 3 is 3.00 bits per heavy atom. The summed E-state index contributed by atoms with van der Waals surface area (Å²) in [5, 5.41) is 11.9. The minimum atomic E-state index is -0.0960. The summed E-state index contributed by atoms with van der Waals surface area (Å²) in [4.78, 5) is 18.1. The van der Waals surface area contributed by atoms with Crippen molar-refractivity contribution in [3.63, 3.8) is 0 Å². The topological polar surface area (TPSA) is 78.2 Å². The van der Waals surface area contributed by atoms with Gasteiger partial charge in [0, 0.05) is 31.8 Å². The van der Waals surface area contributed by atoms with Crippen LogP contribution in [0.1, 0.15) is 17.5 Å². The van der Waals surface area contributed by atoms with Crippen molar-refractivity contribution in [2.75, 3.05) is 19.6 Å². The number of pyridine rings is 1. The second-order valence-electron chi connectivity index (χ2n) is 5.94. The zero-order valence-corrected chi connectivity index (χ0v) is 13.9. The van der Waals surface area contributed by atoms with Crippen molar-refractivity contribution >= 4 is 6.03 Å². The molecule has 1 aliphatic rings. The SMILES string of the molecule is N#Cc1ccnc(OC2CCN(C(=O)NCCc3ccccc3)C2)c1. The van der Waals surface area contributed by atoms with Gasteiger partial charge in [0.15, 0.2) is 0 Å². The largest absolute Gasteiger partial charge is 0.472 e. The van der Waals surface area contributed by atoms with Crippen LogP contribution in [0, 0.1) is 11.3 Å². The van der Waals surface area contributed by atoms with Gasteiger partial charge in [0.1, 0.15) is 6.10 Å². The number of carbonyl (C=O) groups is 1. The molecular formula is C19H20N4O2. The third-order valence-corrected chi connectivity index (χ3v) is 4.12. The van der Waals surface area contributed by atoms with Gasteiger partial charge in [-0.15, -0.1) is 0 Å². The van der Waals surface area contributed by atoms with E-state index in [9.17, 15) is 4.79 Å². The molecule has 128 valence electrons. The Morgan fingerprint density at radius 1 is 1.36 bits per heavy atom. The summed E-state index contributed by atoms with van der Waals surface area (Å²) in [5.74, 6) is 0.426. The van der Waals surface area contributed by atoms with Crippen LogP contribution in [0.25, 0.3) is 0 Å². The molecule has 1 saturated heterocycles. The number of nitrogens with one attached hydrogen (secondary N) is 1. The molecule has 0 bridgehead atoms. The van der Waals surface area contributed by atoms with Crippen molar-refractivity contribution in [3.05, 3.63) is 59.8 Å². The molecule has 1 aromatic carbocycles. The first kappa shape index (κ1) is 16.8. The molecule has 2 aromatic rings. The zero-order chi connectivity index (χ0) is 17.5. The first-order chi connectivity index (χ1) is 12.2. The van der Waals surface area contributed by atoms with E-state index in [0.717, 1.165) is 12.8 Å². The van der Waals surface area contributed by atoms with E-state index in [1.807, 2.05) is 30.3 Å². The molecule has 0 saturated carbocycles. The van der Waals surface area contributed by atoms with Gasteiger partial charge in [0.05, 0.1) is 18.2 Å². The summed E-state index contributed by atoms with van der Waals surface area (Å²) < 4.78 is 5.79. The predicted molar refractivity (Wildman–Crippen MR) is 93.1 cm³/mol. The van der Waals surface area contributed by atoms with Crippen molar-refractivity contribution < 1.29 is 9.53 Å². The molecule has 1 aliphatic heterocycles. The zero-order valence-electron chi connectivity index (χ0n) is 13.9. The number of urea groups is 1. The molecule has 6 nitrogen and oxygen atoms in total. The molecule has 0 aliphatic carbocycles. The van der Waals surface area contributed by atoms with E-state index < -0.39 is 0 Å². The van der Waals surface area contributed by atoms with Gasteiger partial charge in [-0.1, -0.05) is 30.3 Å². The van der Waals surface area contributed by atoms with E-state index in [0.29, 0.717) is 31.1 Å². The van der Waals surface area contributed by atoms with Gasteiger partial charge in [-0.05, 0) is 18.1 Å². The number of hydrogen-bond donors (Lipinski definition) is 1. The minimum Gasteiger partial charge on any atom is -0.472 e. The highest BCUT2D eigenvalue weighted by atomic mass is 16.5. The fourth-order valence-corrected chi connectivity index (χ4v) is 2.79. The average Bonchev–Trinajstić information content (AvgIpc) is 3.11. The Morgan fingerprint density at radius 2 is 2.20 bits per heavy atom. The smallest absolute Gasteiger partial charge is 0.317 e. The number of aromatic nitrogens is 1. The van der Waals surface area contributed by atoms with E-state index >= 15 is 0 Å². The minimum absolute atomic E-state index is 0.0687. The van der Waals surface area contributed by atoms with Gasteiger partial charge in [0.2, 0.25) is 5.88 Å². The van der Waals surface area contributed by atoms with Gasteiger partial charge in [-0.25, -0.2) is 9.78 Å². The first-order valence-corrected chi connectivity index (χ1v) is 8.34. The van der Waals surface area contributed by atoms with Gasteiger partial charge in [-0.3, -0.25) is 0 Å². The lowest BCUT2D eigenvalue weighted by atomic mass is 10.1. The predicted octanol–water partition coefficient (Wildman–Crippen LogP) is 2.36. The Bertz CT molecular complexity index is 758. The van der Waals surface area contributed by atoms with Crippen LogP contribution in [0.3, 0.4) is 0 Å². The third kappa shape index (κ3) is 4.70. The van der Waals surface area contributed by atoms with Gasteiger partial charge in [-0.2, -0.15) is 5.26 Å². The van der Waals surface area contributed by atoms with Crippen LogP contribution in [0.15, 0.2) is 48.7 Å². The number of likely N-dealkylation sites (tertiary alicyclic amines) is 1. The molecule has 1 atom stereocenters. The molecule has 1 fully saturated rings. The summed E-state index contributed by atoms with van der Waals surface area (Å²) in [6.45, 7) is 1.78. The van der Waals surface area contributed by atoms with Crippen LogP contribution < -0.4 is 10.1 Å². The molecule has 25 heavy (non-hydrogen) atoms. The Kier molecular flexibility index (Phi) is 5.47. The molecule has 3 rings (SSSR count). The lowest BCUT2D eigenvalue weighted by Crippen LogP contribution is -2.40. The number of amides is 2. The molecule has 2 heterocycles. The summed E-state index contributed by atoms with van der Waals surface area (Å²) in [7, 11) is 0. The normalized spacial score (nSPS) is 16.3. The second-order valence-corrected chi connectivity index (χ2v) is 5.94. The average molecular weight is 336 g/mol. The van der Waals surface area contributed by atoms with Crippen LogP contribution in [0.2, 0.25) is 0 Å². The summed E-state index contributed by atoms with van der Waals surface area (Å²) >= 11 is 0. The molecule has 2 amide bonds. The van der Waals surface area contributed by atoms with E-state index in [-0.39, 0.29) is 12.1 Å². The van der Waals surface area contributed by atoms with Crippen LogP contribution in [0.4, 0.5) is 4.79 Å². The maximum Gasteiger partial charge on any atom is 0.317 e. The van der Waals surface area contributed by atoms with Crippen molar-refractivity contribution in [1.29, 1.82) is 5.26 Å². The molecule has 1 unspecified atom stereocenters. The fourth-order valence-electron chi connectivity index (χ4n) is 2.79. The first-order valence-electron chi connectivity index (χ1n) is 8.34. The number of benzene rings is 1. The number of ether oxygens (including phenoxy) is 1. The highest BCUT2D eigenvalue weighted by Gasteiger charge is 2.27. The van der Waals surface area contributed by atoms with Crippen molar-refractivity contribution in [2.45, 2.75) is 18.9 Å². The van der Waals surface area contributed by atoms with Crippen LogP contribution in [0.5, 0.6) is 5.88 Å². The van der Waals surface area contributed by atoms with Crippen molar-refractivity contribution in [1.82, 2.24) is 15.2 Å². The van der Waals surface area contributed by atoms with Crippen molar-refractivity contribution in [2.24, 2.45) is 0 Å². The summed E-state index contributed by atoms with van der Waals surface area (Å²) in [5.41, 5.74) is 1.72. The van der Waals surface area contributed by atoms with Gasteiger partial charge in [0.25, 0.3) is 0 Å². The van der Waals surface area contributed by atoms with E-state index in [1.165, 1.54) is 5.56 Å². The van der Waals surface area contributed by atoms with Crippen LogP contribution >= 0.6 is 0 Å². The van der Waals surface area contributed by atoms with E-state index in [2.05, 4.69) is 16.4 Å². The summed E-state index contributed by atoms with van der Waals surface area (Å²) in [6, 6.07) is 15.3. The highest BCUT2D eigenvalue weighted by molar-refractivity contribution is 5.74. The Balaban J connectivity index is 1.44. The second kappa shape index (κ2) is 8.15. The van der Waals surface area contributed by atoms with Crippen LogP contribution in [-0.4, -0.2) is 41.7 Å². The van der Waals surface area contributed by atoms with Gasteiger partial charge >= 0.3 is 6.03 Å². The van der Waals surface area contributed by atoms with E-state index in [4.69, 9.17) is 10.00 Å². The highest BCUT2D eigenvalue weighted by Crippen LogP contribution is 2.17.